The van der Waals surface area contributed by atoms with Crippen molar-refractivity contribution in [1.29, 1.82) is 0 Å². The maximum absolute atomic E-state index is 10.2. The lowest BCUT2D eigenvalue weighted by molar-refractivity contribution is 0.272. The molecule has 0 aromatic rings. The number of rotatable bonds is 0. The third-order valence-electron chi connectivity index (χ3n) is 0.384. The van der Waals surface area contributed by atoms with Crippen LogP contribution in [0.4, 0.5) is 4.79 Å². The van der Waals surface area contributed by atoms with Crippen LogP contribution < -0.4 is 0 Å². The van der Waals surface area contributed by atoms with E-state index < -0.39 is 32.6 Å². The fourth-order valence-corrected chi connectivity index (χ4v) is 3.71. The summed E-state index contributed by atoms with van der Waals surface area (Å²) < 4.78 is 44.4. The van der Waals surface area contributed by atoms with Crippen molar-refractivity contribution in [3.8, 4) is 0 Å². The van der Waals surface area contributed by atoms with Crippen molar-refractivity contribution in [2.24, 2.45) is 0 Å². The minimum Gasteiger partial charge on any atom is -0.735 e. The average Bonchev–Trinajstić information content (AvgIpc) is 1.56. The molecule has 0 fully saturated rings. The molecule has 1 unspecified atom stereocenters. The van der Waals surface area contributed by atoms with E-state index in [1.165, 1.54) is 0 Å². The van der Waals surface area contributed by atoms with Crippen molar-refractivity contribution in [3.63, 3.8) is 0 Å². The minimum atomic E-state index is -4.92. The summed E-state index contributed by atoms with van der Waals surface area (Å²) in [4.78, 5) is 10.2. The summed E-state index contributed by atoms with van der Waals surface area (Å²) in [6, 6.07) is 0. The molecule has 2 N–H and O–H groups in total. The number of carbonyl (C=O) groups excluding carboxylic acids is 1. The summed E-state index contributed by atoms with van der Waals surface area (Å²) in [5, 5.41) is 0. The Morgan fingerprint density at radius 3 is 1.91 bits per heavy atom. The molecule has 0 aliphatic rings. The first-order valence-corrected chi connectivity index (χ1v) is 7.02. The van der Waals surface area contributed by atoms with E-state index in [9.17, 15) is 17.8 Å². The molecule has 10 heteroatoms. The summed E-state index contributed by atoms with van der Waals surface area (Å²) in [6.07, 6.45) is 0. The molecule has 0 amide bonds. The van der Waals surface area contributed by atoms with Gasteiger partial charge in [-0.2, -0.15) is 8.42 Å². The van der Waals surface area contributed by atoms with Crippen LogP contribution in [0.25, 0.3) is 0 Å². The predicted molar refractivity (Wildman–Crippen MR) is 42.4 cm³/mol. The fraction of sp³-hybridized carbons (Fsp3) is 0. The van der Waals surface area contributed by atoms with Gasteiger partial charge in [-0.05, 0) is 0 Å². The van der Waals surface area contributed by atoms with Gasteiger partial charge >= 0.3 is 24.9 Å². The van der Waals surface area contributed by atoms with E-state index in [1.54, 1.807) is 0 Å². The van der Waals surface area contributed by atoms with Crippen LogP contribution in [0.2, 0.25) is 0 Å². The minimum absolute atomic E-state index is 0.515. The first-order chi connectivity index (χ1) is 4.63. The Bertz CT molecular complexity index is 357. The van der Waals surface area contributed by atoms with Gasteiger partial charge in [-0.15, -0.1) is 0 Å². The van der Waals surface area contributed by atoms with Crippen LogP contribution in [0.3, 0.4) is 0 Å². The standard InChI is InChI=1S/CH2O6S4/c2-1(10(3,4)5)9-11(6,7)8/h(H2-,2,3,4,5,6,7,8). The molecule has 0 aliphatic heterocycles. The molecule has 0 rings (SSSR count). The summed E-state index contributed by atoms with van der Waals surface area (Å²) in [6.45, 7) is 0. The quantitative estimate of drug-likeness (QED) is 0.420. The van der Waals surface area contributed by atoms with E-state index in [-0.39, 0.29) is 0 Å². The highest BCUT2D eigenvalue weighted by atomic mass is 33.1. The zero-order valence-corrected chi connectivity index (χ0v) is 7.93. The molecule has 0 radical (unpaired) electrons. The van der Waals surface area contributed by atoms with Crippen LogP contribution in [0.1, 0.15) is 0 Å². The molecule has 0 saturated carbocycles. The van der Waals surface area contributed by atoms with E-state index in [2.05, 4.69) is 11.2 Å². The van der Waals surface area contributed by atoms with E-state index >= 15 is 0 Å². The van der Waals surface area contributed by atoms with E-state index in [0.29, 0.717) is 0 Å². The third-order valence-corrected chi connectivity index (χ3v) is 4.05. The molecule has 0 heterocycles. The number of carbonyl (C=O) groups is 1. The smallest absolute Gasteiger partial charge is 0.555 e. The molecule has 6 nitrogen and oxygen atoms in total. The Morgan fingerprint density at radius 2 is 1.82 bits per heavy atom. The van der Waals surface area contributed by atoms with E-state index in [4.69, 9.17) is 9.11 Å². The van der Waals surface area contributed by atoms with Crippen LogP contribution in [-0.2, 0) is 39.3 Å². The molecular weight excluding hydrogens is 236 g/mol. The molecule has 0 spiro atoms. The van der Waals surface area contributed by atoms with Crippen LogP contribution in [0.5, 0.6) is 0 Å². The van der Waals surface area contributed by atoms with Crippen molar-refractivity contribution in [2.75, 3.05) is 0 Å². The lowest BCUT2D eigenvalue weighted by Crippen LogP contribution is -2.12. The van der Waals surface area contributed by atoms with Crippen molar-refractivity contribution < 1.29 is 26.9 Å². The summed E-state index contributed by atoms with van der Waals surface area (Å²) >= 11 is 3.78. The second-order valence-electron chi connectivity index (χ2n) is 1.24. The molecule has 0 aromatic heterocycles. The predicted octanol–water partition coefficient (Wildman–Crippen LogP) is -0.789. The van der Waals surface area contributed by atoms with Crippen molar-refractivity contribution >= 4 is 43.8 Å². The van der Waals surface area contributed by atoms with Crippen molar-refractivity contribution in [3.05, 3.63) is 0 Å². The van der Waals surface area contributed by atoms with Gasteiger partial charge in [-0.3, -0.25) is 4.55 Å². The van der Waals surface area contributed by atoms with E-state index in [1.807, 2.05) is 0 Å². The Morgan fingerprint density at radius 1 is 1.45 bits per heavy atom. The first-order valence-electron chi connectivity index (χ1n) is 1.81. The van der Waals surface area contributed by atoms with Crippen LogP contribution in [-0.4, -0.2) is 26.5 Å². The lowest BCUT2D eigenvalue weighted by atomic mass is 11.8. The van der Waals surface area contributed by atoms with Gasteiger partial charge in [0.05, 0.1) is 0 Å². The van der Waals surface area contributed by atoms with Gasteiger partial charge in [-0.1, -0.05) is 0 Å². The van der Waals surface area contributed by atoms with Crippen molar-refractivity contribution in [1.82, 2.24) is 0 Å². The second kappa shape index (κ2) is 3.35. The molecule has 0 aromatic carbocycles. The summed E-state index contributed by atoms with van der Waals surface area (Å²) in [5.41, 5.74) is 0. The number of hydrogen-bond acceptors (Lipinski definition) is 5. The van der Waals surface area contributed by atoms with Gasteiger partial charge in [-0.25, -0.2) is 4.79 Å². The SMILES string of the molecule is O=C([S+]=S([O-])(O)=S)S(=O)(=O)O. The third kappa shape index (κ3) is 5.55. The maximum Gasteiger partial charge on any atom is 0.555 e. The zero-order chi connectivity index (χ0) is 9.28. The molecule has 66 valence electrons. The normalized spacial score (nSPS) is 17.0. The van der Waals surface area contributed by atoms with Gasteiger partial charge < -0.3 is 9.11 Å². The molecule has 1 atom stereocenters. The molecule has 0 saturated heterocycles. The lowest BCUT2D eigenvalue weighted by Gasteiger charge is -1.92. The van der Waals surface area contributed by atoms with Gasteiger partial charge in [0.2, 0.25) is 0 Å². The van der Waals surface area contributed by atoms with Gasteiger partial charge in [0.15, 0.2) is 0 Å². The van der Waals surface area contributed by atoms with E-state index in [0.717, 1.165) is 0 Å². The monoisotopic (exact) mass is 238 g/mol. The van der Waals surface area contributed by atoms with Gasteiger partial charge in [0, 0.05) is 11.2 Å². The average molecular weight is 238 g/mol. The molecule has 11 heavy (non-hydrogen) atoms. The Hall–Kier alpha value is 0.290. The highest BCUT2D eigenvalue weighted by Crippen LogP contribution is 1.90. The highest BCUT2D eigenvalue weighted by Gasteiger charge is 2.30. The van der Waals surface area contributed by atoms with Crippen LogP contribution >= 0.6 is 0 Å². The Kier molecular flexibility index (Phi) is 3.43. The Labute approximate surface area is 70.8 Å². The summed E-state index contributed by atoms with van der Waals surface area (Å²) in [5.74, 6) is 0. The van der Waals surface area contributed by atoms with Crippen LogP contribution in [0.15, 0.2) is 0 Å². The largest absolute Gasteiger partial charge is 0.735 e. The van der Waals surface area contributed by atoms with Gasteiger partial charge in [0.25, 0.3) is 0 Å². The fourth-order valence-electron chi connectivity index (χ4n) is 0.129. The van der Waals surface area contributed by atoms with Gasteiger partial charge in [0.1, 0.15) is 7.71 Å². The van der Waals surface area contributed by atoms with Crippen molar-refractivity contribution in [2.45, 2.75) is 0 Å². The Balaban J connectivity index is 5.05. The van der Waals surface area contributed by atoms with Crippen LogP contribution in [0, 0.1) is 0 Å². The molecule has 0 aliphatic carbocycles. The molecular formula is CH2O6S4. The molecule has 0 bridgehead atoms. The maximum atomic E-state index is 10.2. The first kappa shape index (κ1) is 11.3. The number of hydrogen-bond donors (Lipinski definition) is 2. The zero-order valence-electron chi connectivity index (χ0n) is 4.66. The topological polar surface area (TPSA) is 115 Å². The highest BCUT2D eigenvalue weighted by molar-refractivity contribution is 8.61. The second-order valence-corrected chi connectivity index (χ2v) is 8.05. The summed E-state index contributed by atoms with van der Waals surface area (Å²) in [7, 11) is -9.38.